The number of aliphatic hydroxyl groups is 1. The second kappa shape index (κ2) is 4.75. The molecule has 0 saturated carbocycles. The summed E-state index contributed by atoms with van der Waals surface area (Å²) in [6.45, 7) is 5.25. The first-order valence-corrected chi connectivity index (χ1v) is 6.61. The van der Waals surface area contributed by atoms with E-state index in [1.165, 1.54) is 6.92 Å². The maximum Gasteiger partial charge on any atom is 0.264 e. The fourth-order valence-corrected chi connectivity index (χ4v) is 1.55. The van der Waals surface area contributed by atoms with Crippen LogP contribution in [0.4, 0.5) is 0 Å². The molecule has 0 spiro atoms. The van der Waals surface area contributed by atoms with Crippen LogP contribution in [0.5, 0.6) is 0 Å². The minimum absolute atomic E-state index is 0.201. The first kappa shape index (κ1) is 12.9. The molecule has 0 aromatic rings. The number of nitrogens with one attached hydrogen (secondary N) is 1. The van der Waals surface area contributed by atoms with Crippen LogP contribution in [-0.2, 0) is 10.1 Å². The zero-order valence-electron chi connectivity index (χ0n) is 8.81. The third kappa shape index (κ3) is 3.69. The highest BCUT2D eigenvalue weighted by Crippen LogP contribution is 2.27. The van der Waals surface area contributed by atoms with Gasteiger partial charge in [-0.1, -0.05) is 0 Å². The van der Waals surface area contributed by atoms with E-state index < -0.39 is 15.8 Å². The van der Waals surface area contributed by atoms with Crippen molar-refractivity contribution in [2.24, 2.45) is 0 Å². The fourth-order valence-electron chi connectivity index (χ4n) is 1.55. The van der Waals surface area contributed by atoms with Gasteiger partial charge in [0.05, 0.1) is 5.75 Å². The van der Waals surface area contributed by atoms with Gasteiger partial charge in [0.1, 0.15) is 5.72 Å². The Morgan fingerprint density at radius 3 is 2.27 bits per heavy atom. The van der Waals surface area contributed by atoms with E-state index in [9.17, 15) is 13.5 Å². The molecule has 3 N–H and O–H groups in total. The summed E-state index contributed by atoms with van der Waals surface area (Å²) in [7, 11) is -3.66. The van der Waals surface area contributed by atoms with E-state index in [2.05, 4.69) is 10.2 Å². The fraction of sp³-hybridized carbons (Fsp3) is 1.00. The third-order valence-electron chi connectivity index (χ3n) is 2.70. The molecule has 0 amide bonds. The molecule has 0 radical (unpaired) electrons. The van der Waals surface area contributed by atoms with E-state index >= 15 is 0 Å². The molecule has 6 nitrogen and oxygen atoms in total. The summed E-state index contributed by atoms with van der Waals surface area (Å²) in [6.07, 6.45) is 0.944. The SMILES string of the molecule is CCS(=O)(=O)O.OC12CCN1CCNC2. The Balaban J connectivity index is 0.000000167. The van der Waals surface area contributed by atoms with Crippen LogP contribution in [0.15, 0.2) is 0 Å². The lowest BCUT2D eigenvalue weighted by molar-refractivity contribution is -0.189. The molecule has 2 fully saturated rings. The van der Waals surface area contributed by atoms with E-state index in [0.717, 1.165) is 32.6 Å². The van der Waals surface area contributed by atoms with Crippen LogP contribution in [0, 0.1) is 0 Å². The maximum atomic E-state index is 9.59. The van der Waals surface area contributed by atoms with Crippen molar-refractivity contribution >= 4 is 10.1 Å². The van der Waals surface area contributed by atoms with Crippen LogP contribution in [-0.4, -0.2) is 60.6 Å². The lowest BCUT2D eigenvalue weighted by Crippen LogP contribution is -2.69. The lowest BCUT2D eigenvalue weighted by atomic mass is 9.96. The van der Waals surface area contributed by atoms with Gasteiger partial charge in [-0.3, -0.25) is 9.45 Å². The number of β-amino-alcohol motifs (C(OH)–C–C–N with tert-alkyl or cyclic N) is 1. The Morgan fingerprint density at radius 2 is 2.07 bits per heavy atom. The van der Waals surface area contributed by atoms with Gasteiger partial charge in [0.2, 0.25) is 0 Å². The predicted molar refractivity (Wildman–Crippen MR) is 56.1 cm³/mol. The van der Waals surface area contributed by atoms with Gasteiger partial charge in [-0.2, -0.15) is 8.42 Å². The van der Waals surface area contributed by atoms with Gasteiger partial charge in [0.25, 0.3) is 10.1 Å². The van der Waals surface area contributed by atoms with Crippen molar-refractivity contribution in [1.82, 2.24) is 10.2 Å². The zero-order chi connectivity index (χ0) is 11.5. The number of rotatable bonds is 1. The summed E-state index contributed by atoms with van der Waals surface area (Å²) in [5.41, 5.74) is -0.460. The van der Waals surface area contributed by atoms with Gasteiger partial charge < -0.3 is 10.4 Å². The average molecular weight is 238 g/mol. The highest BCUT2D eigenvalue weighted by atomic mass is 32.2. The van der Waals surface area contributed by atoms with Gasteiger partial charge in [-0.05, 0) is 6.92 Å². The number of hydrogen-bond acceptors (Lipinski definition) is 5. The number of fused-ring (bicyclic) bond motifs is 1. The van der Waals surface area contributed by atoms with Gasteiger partial charge >= 0.3 is 0 Å². The summed E-state index contributed by atoms with van der Waals surface area (Å²) in [6, 6.07) is 0. The number of hydrogen-bond donors (Lipinski definition) is 3. The lowest BCUT2D eigenvalue weighted by Gasteiger charge is -2.51. The van der Waals surface area contributed by atoms with E-state index in [1.54, 1.807) is 0 Å². The maximum absolute atomic E-state index is 9.59. The van der Waals surface area contributed by atoms with Crippen LogP contribution in [0.2, 0.25) is 0 Å². The first-order valence-electron chi connectivity index (χ1n) is 5.01. The molecular weight excluding hydrogens is 220 g/mol. The molecule has 1 atom stereocenters. The minimum Gasteiger partial charge on any atom is -0.374 e. The molecule has 2 aliphatic rings. The van der Waals surface area contributed by atoms with Crippen LogP contribution >= 0.6 is 0 Å². The van der Waals surface area contributed by atoms with Crippen molar-refractivity contribution < 1.29 is 18.1 Å². The molecule has 90 valence electrons. The van der Waals surface area contributed by atoms with Crippen LogP contribution in [0.25, 0.3) is 0 Å². The molecule has 0 aromatic carbocycles. The van der Waals surface area contributed by atoms with Gasteiger partial charge in [0.15, 0.2) is 0 Å². The molecule has 2 heterocycles. The molecule has 0 aromatic heterocycles. The molecule has 1 unspecified atom stereocenters. The Morgan fingerprint density at radius 1 is 1.47 bits per heavy atom. The summed E-state index contributed by atoms with van der Waals surface area (Å²) >= 11 is 0. The van der Waals surface area contributed by atoms with Gasteiger partial charge in [-0.15, -0.1) is 0 Å². The van der Waals surface area contributed by atoms with E-state index in [1.807, 2.05) is 0 Å². The Labute approximate surface area is 90.0 Å². The first-order chi connectivity index (χ1) is 6.87. The van der Waals surface area contributed by atoms with Crippen molar-refractivity contribution in [2.45, 2.75) is 19.1 Å². The zero-order valence-corrected chi connectivity index (χ0v) is 9.63. The molecule has 7 heteroatoms. The van der Waals surface area contributed by atoms with Crippen LogP contribution in [0.3, 0.4) is 0 Å². The molecule has 2 aliphatic heterocycles. The monoisotopic (exact) mass is 238 g/mol. The smallest absolute Gasteiger partial charge is 0.264 e. The van der Waals surface area contributed by atoms with E-state index in [-0.39, 0.29) is 5.75 Å². The molecular formula is C8H18N2O4S. The van der Waals surface area contributed by atoms with Crippen molar-refractivity contribution in [3.05, 3.63) is 0 Å². The highest BCUT2D eigenvalue weighted by Gasteiger charge is 2.43. The summed E-state index contributed by atoms with van der Waals surface area (Å²) in [5.74, 6) is -0.201. The summed E-state index contributed by atoms with van der Waals surface area (Å²) in [4.78, 5) is 2.13. The van der Waals surface area contributed by atoms with Crippen molar-refractivity contribution in [3.8, 4) is 0 Å². The molecule has 2 rings (SSSR count). The quantitative estimate of drug-likeness (QED) is 0.501. The largest absolute Gasteiger partial charge is 0.374 e. The molecule has 0 bridgehead atoms. The number of nitrogens with zero attached hydrogens (tertiary/aromatic N) is 1. The van der Waals surface area contributed by atoms with Crippen molar-refractivity contribution in [2.75, 3.05) is 31.9 Å². The average Bonchev–Trinajstić information content (AvgIpc) is 2.13. The third-order valence-corrected chi connectivity index (χ3v) is 3.43. The topological polar surface area (TPSA) is 89.9 Å². The van der Waals surface area contributed by atoms with Gasteiger partial charge in [-0.25, -0.2) is 0 Å². The minimum atomic E-state index is -3.66. The molecule has 0 aliphatic carbocycles. The predicted octanol–water partition coefficient (Wildman–Crippen LogP) is -1.12. The van der Waals surface area contributed by atoms with Crippen LogP contribution < -0.4 is 5.32 Å². The highest BCUT2D eigenvalue weighted by molar-refractivity contribution is 7.85. The van der Waals surface area contributed by atoms with Crippen LogP contribution in [0.1, 0.15) is 13.3 Å². The Hall–Kier alpha value is -0.210. The van der Waals surface area contributed by atoms with Crippen molar-refractivity contribution in [3.63, 3.8) is 0 Å². The second-order valence-corrected chi connectivity index (χ2v) is 5.51. The Bertz CT molecular complexity index is 306. The number of piperazine rings is 1. The van der Waals surface area contributed by atoms with Gasteiger partial charge in [0, 0.05) is 32.6 Å². The van der Waals surface area contributed by atoms with E-state index in [4.69, 9.17) is 4.55 Å². The Kier molecular flexibility index (Phi) is 4.07. The summed E-state index contributed by atoms with van der Waals surface area (Å²) in [5, 5.41) is 12.8. The molecule has 15 heavy (non-hydrogen) atoms. The summed E-state index contributed by atoms with van der Waals surface area (Å²) < 4.78 is 26.9. The van der Waals surface area contributed by atoms with Crippen molar-refractivity contribution in [1.29, 1.82) is 0 Å². The normalized spacial score (nSPS) is 30.9. The standard InChI is InChI=1S/C6H12N2O.C2H6O3S/c9-6-1-3-8(6)4-2-7-5-6;1-2-6(3,4)5/h7,9H,1-5H2;2H2,1H3,(H,3,4,5). The van der Waals surface area contributed by atoms with E-state index in [0.29, 0.717) is 0 Å². The second-order valence-electron chi connectivity index (χ2n) is 3.77. The molecule has 2 saturated heterocycles.